The van der Waals surface area contributed by atoms with E-state index in [1.807, 2.05) is 6.92 Å². The Bertz CT molecular complexity index is 314. The third-order valence-corrected chi connectivity index (χ3v) is 1.47. The topological polar surface area (TPSA) is 24.7 Å². The van der Waals surface area contributed by atoms with Gasteiger partial charge in [-0.25, -0.2) is 0 Å². The second-order valence-electron chi connectivity index (χ2n) is 2.85. The van der Waals surface area contributed by atoms with Gasteiger partial charge in [0.25, 0.3) is 0 Å². The van der Waals surface area contributed by atoms with Crippen LogP contribution in [0.4, 0.5) is 18.9 Å². The molecule has 2 nitrogen and oxygen atoms in total. The summed E-state index contributed by atoms with van der Waals surface area (Å²) in [6, 6.07) is 6.77. The number of hydrogen-bond donors (Lipinski definition) is 0. The molecule has 0 aliphatic carbocycles. The molecule has 0 amide bonds. The van der Waals surface area contributed by atoms with Gasteiger partial charge in [0.05, 0.1) is 5.69 Å². The van der Waals surface area contributed by atoms with Crippen molar-refractivity contribution in [2.24, 2.45) is 10.2 Å². The molecule has 5 heteroatoms. The Morgan fingerprint density at radius 1 is 1.14 bits per heavy atom. The van der Waals surface area contributed by atoms with Gasteiger partial charge in [0.15, 0.2) is 6.54 Å². The van der Waals surface area contributed by atoms with Crippen LogP contribution in [0.1, 0.15) is 5.56 Å². The molecule has 0 spiro atoms. The lowest BCUT2D eigenvalue weighted by Gasteiger charge is -1.99. The van der Waals surface area contributed by atoms with Crippen LogP contribution in [0, 0.1) is 6.92 Å². The first kappa shape index (κ1) is 10.7. The molecule has 0 fully saturated rings. The fourth-order valence-corrected chi connectivity index (χ4v) is 0.809. The minimum Gasteiger partial charge on any atom is -0.179 e. The second-order valence-corrected chi connectivity index (χ2v) is 2.85. The van der Waals surface area contributed by atoms with Crippen molar-refractivity contribution in [1.82, 2.24) is 0 Å². The van der Waals surface area contributed by atoms with Gasteiger partial charge in [0.2, 0.25) is 0 Å². The molecule has 0 aliphatic rings. The van der Waals surface area contributed by atoms with E-state index in [1.165, 1.54) is 0 Å². The summed E-state index contributed by atoms with van der Waals surface area (Å²) >= 11 is 0. The maximum atomic E-state index is 11.7. The first-order valence-corrected chi connectivity index (χ1v) is 3.98. The summed E-state index contributed by atoms with van der Waals surface area (Å²) in [6.45, 7) is 0.650. The minimum atomic E-state index is -4.28. The van der Waals surface area contributed by atoms with Crippen molar-refractivity contribution >= 4 is 5.69 Å². The number of rotatable bonds is 2. The van der Waals surface area contributed by atoms with Gasteiger partial charge in [-0.05, 0) is 19.1 Å². The Morgan fingerprint density at radius 3 is 2.21 bits per heavy atom. The maximum absolute atomic E-state index is 11.7. The second kappa shape index (κ2) is 4.21. The lowest BCUT2D eigenvalue weighted by atomic mass is 10.2. The number of hydrogen-bond acceptors (Lipinski definition) is 2. The van der Waals surface area contributed by atoms with Gasteiger partial charge in [0.1, 0.15) is 0 Å². The molecule has 0 bridgehead atoms. The minimum absolute atomic E-state index is 0.430. The van der Waals surface area contributed by atoms with Crippen LogP contribution in [-0.4, -0.2) is 12.7 Å². The third kappa shape index (κ3) is 4.02. The number of halogens is 3. The SMILES string of the molecule is Cc1ccc(N=NCC(F)(F)F)cc1. The lowest BCUT2D eigenvalue weighted by molar-refractivity contribution is -0.119. The van der Waals surface area contributed by atoms with Gasteiger partial charge in [-0.3, -0.25) is 0 Å². The van der Waals surface area contributed by atoms with Gasteiger partial charge in [-0.1, -0.05) is 17.7 Å². The fourth-order valence-electron chi connectivity index (χ4n) is 0.809. The molecule has 1 aromatic rings. The summed E-state index contributed by atoms with van der Waals surface area (Å²) in [7, 11) is 0. The van der Waals surface area contributed by atoms with Crippen LogP contribution in [0.25, 0.3) is 0 Å². The molecule has 0 aromatic heterocycles. The summed E-state index contributed by atoms with van der Waals surface area (Å²) in [5.41, 5.74) is 1.46. The van der Waals surface area contributed by atoms with Crippen LogP contribution >= 0.6 is 0 Å². The third-order valence-electron chi connectivity index (χ3n) is 1.47. The van der Waals surface area contributed by atoms with E-state index in [9.17, 15) is 13.2 Å². The van der Waals surface area contributed by atoms with Crippen molar-refractivity contribution in [3.8, 4) is 0 Å². The summed E-state index contributed by atoms with van der Waals surface area (Å²) < 4.78 is 35.0. The molecule has 0 unspecified atom stereocenters. The summed E-state index contributed by atoms with van der Waals surface area (Å²) in [5, 5.41) is 6.48. The molecule has 0 radical (unpaired) electrons. The van der Waals surface area contributed by atoms with Gasteiger partial charge < -0.3 is 0 Å². The smallest absolute Gasteiger partial charge is 0.179 e. The predicted molar refractivity (Wildman–Crippen MR) is 46.6 cm³/mol. The zero-order chi connectivity index (χ0) is 10.6. The highest BCUT2D eigenvalue weighted by Crippen LogP contribution is 2.17. The number of nitrogens with zero attached hydrogens (tertiary/aromatic N) is 2. The van der Waals surface area contributed by atoms with E-state index in [2.05, 4.69) is 10.2 Å². The summed E-state index contributed by atoms with van der Waals surface area (Å²) in [6.07, 6.45) is -4.28. The monoisotopic (exact) mass is 202 g/mol. The molecule has 1 rings (SSSR count). The van der Waals surface area contributed by atoms with E-state index in [-0.39, 0.29) is 0 Å². The molecule has 0 N–H and O–H groups in total. The van der Waals surface area contributed by atoms with E-state index in [4.69, 9.17) is 0 Å². The Morgan fingerprint density at radius 2 is 1.71 bits per heavy atom. The van der Waals surface area contributed by atoms with Crippen molar-refractivity contribution in [1.29, 1.82) is 0 Å². The molecular weight excluding hydrogens is 193 g/mol. The molecule has 14 heavy (non-hydrogen) atoms. The van der Waals surface area contributed by atoms with Crippen molar-refractivity contribution in [2.45, 2.75) is 13.1 Å². The molecule has 76 valence electrons. The van der Waals surface area contributed by atoms with Crippen LogP contribution in [0.5, 0.6) is 0 Å². The molecule has 0 aliphatic heterocycles. The first-order chi connectivity index (χ1) is 6.47. The Labute approximate surface area is 79.5 Å². The first-order valence-electron chi connectivity index (χ1n) is 3.98. The Kier molecular flexibility index (Phi) is 3.22. The Balaban J connectivity index is 2.57. The van der Waals surface area contributed by atoms with E-state index >= 15 is 0 Å². The van der Waals surface area contributed by atoms with Gasteiger partial charge in [-0.15, -0.1) is 0 Å². The number of aryl methyl sites for hydroxylation is 1. The lowest BCUT2D eigenvalue weighted by Crippen LogP contribution is -2.10. The van der Waals surface area contributed by atoms with Crippen molar-refractivity contribution in [2.75, 3.05) is 6.54 Å². The normalized spacial score (nSPS) is 12.3. The maximum Gasteiger partial charge on any atom is 0.409 e. The number of benzene rings is 1. The highest BCUT2D eigenvalue weighted by Gasteiger charge is 2.26. The van der Waals surface area contributed by atoms with E-state index < -0.39 is 12.7 Å². The fraction of sp³-hybridized carbons (Fsp3) is 0.333. The van der Waals surface area contributed by atoms with Crippen molar-refractivity contribution in [3.05, 3.63) is 29.8 Å². The molecule has 0 heterocycles. The van der Waals surface area contributed by atoms with E-state index in [0.717, 1.165) is 5.56 Å². The average Bonchev–Trinajstić information content (AvgIpc) is 2.06. The van der Waals surface area contributed by atoms with Crippen LogP contribution < -0.4 is 0 Å². The van der Waals surface area contributed by atoms with Crippen LogP contribution in [0.3, 0.4) is 0 Å². The molecule has 0 saturated heterocycles. The van der Waals surface area contributed by atoms with Gasteiger partial charge >= 0.3 is 6.18 Å². The molecule has 0 atom stereocenters. The predicted octanol–water partition coefficient (Wildman–Crippen LogP) is 3.64. The quantitative estimate of drug-likeness (QED) is 0.654. The zero-order valence-electron chi connectivity index (χ0n) is 7.54. The Hall–Kier alpha value is -1.39. The summed E-state index contributed by atoms with van der Waals surface area (Å²) in [4.78, 5) is 0. The number of alkyl halides is 3. The average molecular weight is 202 g/mol. The molecule has 0 saturated carbocycles. The standard InChI is InChI=1S/C9H9F3N2/c1-7-2-4-8(5-3-7)14-13-6-9(10,11)12/h2-5H,6H2,1H3. The van der Waals surface area contributed by atoms with Gasteiger partial charge in [0, 0.05) is 0 Å². The van der Waals surface area contributed by atoms with Crippen molar-refractivity contribution < 1.29 is 13.2 Å². The van der Waals surface area contributed by atoms with E-state index in [0.29, 0.717) is 5.69 Å². The largest absolute Gasteiger partial charge is 0.409 e. The van der Waals surface area contributed by atoms with Crippen LogP contribution in [0.15, 0.2) is 34.5 Å². The van der Waals surface area contributed by atoms with Crippen LogP contribution in [-0.2, 0) is 0 Å². The van der Waals surface area contributed by atoms with Crippen molar-refractivity contribution in [3.63, 3.8) is 0 Å². The molecule has 1 aromatic carbocycles. The highest BCUT2D eigenvalue weighted by atomic mass is 19.4. The van der Waals surface area contributed by atoms with E-state index in [1.54, 1.807) is 24.3 Å². The summed E-state index contributed by atoms with van der Waals surface area (Å²) in [5.74, 6) is 0. The molecular formula is C9H9F3N2. The highest BCUT2D eigenvalue weighted by molar-refractivity contribution is 5.37. The number of azo groups is 1. The van der Waals surface area contributed by atoms with Gasteiger partial charge in [-0.2, -0.15) is 23.4 Å². The zero-order valence-corrected chi connectivity index (χ0v) is 7.54. The van der Waals surface area contributed by atoms with Crippen LogP contribution in [0.2, 0.25) is 0 Å².